The lowest BCUT2D eigenvalue weighted by Crippen LogP contribution is -2.32. The molecule has 0 bridgehead atoms. The number of carbonyl (C=O) groups excluding carboxylic acids is 1. The van der Waals surface area contributed by atoms with E-state index >= 15 is 0 Å². The molecule has 3 rings (SSSR count). The number of amides is 1. The highest BCUT2D eigenvalue weighted by Crippen LogP contribution is 2.30. The molecule has 108 valence electrons. The number of rotatable bonds is 2. The zero-order chi connectivity index (χ0) is 14.8. The maximum atomic E-state index is 13.5. The number of hydrogen-bond donors (Lipinski definition) is 1. The highest BCUT2D eigenvalue weighted by atomic mass is 35.5. The monoisotopic (exact) mass is 305 g/mol. The van der Waals surface area contributed by atoms with Gasteiger partial charge in [0.25, 0.3) is 0 Å². The van der Waals surface area contributed by atoms with E-state index in [2.05, 4.69) is 5.32 Å². The maximum Gasteiger partial charge on any atom is 0.231 e. The Hall–Kier alpha value is -2.07. The van der Waals surface area contributed by atoms with Crippen molar-refractivity contribution < 1.29 is 13.9 Å². The summed E-state index contributed by atoms with van der Waals surface area (Å²) in [5.74, 6) is -0.332. The van der Waals surface area contributed by atoms with Crippen LogP contribution in [-0.2, 0) is 11.2 Å². The zero-order valence-electron chi connectivity index (χ0n) is 11.1. The molecule has 1 atom stereocenters. The molecule has 0 saturated heterocycles. The Balaban J connectivity index is 1.74. The molecule has 21 heavy (non-hydrogen) atoms. The number of benzene rings is 2. The average molecular weight is 306 g/mol. The van der Waals surface area contributed by atoms with Crippen molar-refractivity contribution in [1.82, 2.24) is 0 Å². The zero-order valence-corrected chi connectivity index (χ0v) is 11.9. The van der Waals surface area contributed by atoms with E-state index in [0.717, 1.165) is 11.3 Å². The predicted molar refractivity (Wildman–Crippen MR) is 79.2 cm³/mol. The first-order valence-corrected chi connectivity index (χ1v) is 6.98. The molecule has 0 saturated carbocycles. The molecule has 3 nitrogen and oxygen atoms in total. The average Bonchev–Trinajstić information content (AvgIpc) is 2.48. The van der Waals surface area contributed by atoms with Crippen LogP contribution >= 0.6 is 11.6 Å². The number of hydrogen-bond acceptors (Lipinski definition) is 2. The number of ether oxygens (including phenoxy) is 1. The van der Waals surface area contributed by atoms with Gasteiger partial charge in [-0.25, -0.2) is 4.39 Å². The lowest BCUT2D eigenvalue weighted by molar-refractivity contribution is -0.121. The Kier molecular flexibility index (Phi) is 3.80. The maximum absolute atomic E-state index is 13.5. The standard InChI is InChI=1S/C16H13ClFNO2/c17-12-5-6-15-10(8-12)7-11(9-21-15)16(20)19-14-4-2-1-3-13(14)18/h1-6,8,11H,7,9H2,(H,19,20)/t11-/m0/s1. The van der Waals surface area contributed by atoms with Gasteiger partial charge >= 0.3 is 0 Å². The summed E-state index contributed by atoms with van der Waals surface area (Å²) in [6, 6.07) is 11.4. The van der Waals surface area contributed by atoms with Crippen LogP contribution in [0.2, 0.25) is 5.02 Å². The summed E-state index contributed by atoms with van der Waals surface area (Å²) in [5, 5.41) is 3.20. The Morgan fingerprint density at radius 2 is 2.10 bits per heavy atom. The number of para-hydroxylation sites is 1. The first-order chi connectivity index (χ1) is 10.1. The summed E-state index contributed by atoms with van der Waals surface area (Å²) in [6.45, 7) is 0.273. The third-order valence-electron chi connectivity index (χ3n) is 3.43. The molecule has 1 aliphatic rings. The van der Waals surface area contributed by atoms with Gasteiger partial charge in [-0.2, -0.15) is 0 Å². The minimum absolute atomic E-state index is 0.180. The van der Waals surface area contributed by atoms with Crippen LogP contribution < -0.4 is 10.1 Å². The largest absolute Gasteiger partial charge is 0.492 e. The van der Waals surface area contributed by atoms with Gasteiger partial charge in [-0.05, 0) is 42.3 Å². The van der Waals surface area contributed by atoms with Gasteiger partial charge < -0.3 is 10.1 Å². The lowest BCUT2D eigenvalue weighted by Gasteiger charge is -2.24. The quantitative estimate of drug-likeness (QED) is 0.919. The van der Waals surface area contributed by atoms with Crippen LogP contribution in [-0.4, -0.2) is 12.5 Å². The van der Waals surface area contributed by atoms with E-state index in [1.807, 2.05) is 0 Å². The Labute approximate surface area is 126 Å². The smallest absolute Gasteiger partial charge is 0.231 e. The minimum Gasteiger partial charge on any atom is -0.492 e. The summed E-state index contributed by atoms with van der Waals surface area (Å²) in [4.78, 5) is 12.2. The molecular weight excluding hydrogens is 293 g/mol. The van der Waals surface area contributed by atoms with Crippen LogP contribution in [0.1, 0.15) is 5.56 Å². The van der Waals surface area contributed by atoms with Gasteiger partial charge in [-0.1, -0.05) is 23.7 Å². The topological polar surface area (TPSA) is 38.3 Å². The highest BCUT2D eigenvalue weighted by molar-refractivity contribution is 6.30. The molecule has 5 heteroatoms. The van der Waals surface area contributed by atoms with Crippen LogP contribution in [0, 0.1) is 11.7 Å². The molecule has 0 fully saturated rings. The summed E-state index contributed by atoms with van der Waals surface area (Å²) in [7, 11) is 0. The molecule has 0 aliphatic carbocycles. The Morgan fingerprint density at radius 1 is 1.29 bits per heavy atom. The van der Waals surface area contributed by atoms with Crippen molar-refractivity contribution in [3.8, 4) is 5.75 Å². The summed E-state index contributed by atoms with van der Waals surface area (Å²) in [6.07, 6.45) is 0.524. The summed E-state index contributed by atoms with van der Waals surface area (Å²) >= 11 is 5.95. The minimum atomic E-state index is -0.453. The van der Waals surface area contributed by atoms with Crippen molar-refractivity contribution in [2.24, 2.45) is 5.92 Å². The second kappa shape index (κ2) is 5.74. The van der Waals surface area contributed by atoms with Gasteiger partial charge in [0, 0.05) is 5.02 Å². The molecule has 0 radical (unpaired) electrons. The van der Waals surface area contributed by atoms with Crippen molar-refractivity contribution >= 4 is 23.2 Å². The fourth-order valence-corrected chi connectivity index (χ4v) is 2.52. The molecule has 0 spiro atoms. The lowest BCUT2D eigenvalue weighted by atomic mass is 9.96. The van der Waals surface area contributed by atoms with Crippen LogP contribution in [0.15, 0.2) is 42.5 Å². The van der Waals surface area contributed by atoms with Gasteiger partial charge in [0.15, 0.2) is 0 Å². The van der Waals surface area contributed by atoms with Gasteiger partial charge in [0.05, 0.1) is 11.6 Å². The van der Waals surface area contributed by atoms with E-state index in [1.54, 1.807) is 30.3 Å². The summed E-state index contributed by atoms with van der Waals surface area (Å²) < 4.78 is 19.1. The molecule has 1 N–H and O–H groups in total. The number of carbonyl (C=O) groups is 1. The third-order valence-corrected chi connectivity index (χ3v) is 3.67. The van der Waals surface area contributed by atoms with E-state index < -0.39 is 5.82 Å². The SMILES string of the molecule is O=C(Nc1ccccc1F)[C@@H]1COc2ccc(Cl)cc2C1. The molecule has 1 amide bonds. The van der Waals surface area contributed by atoms with Gasteiger partial charge in [-0.15, -0.1) is 0 Å². The molecule has 2 aromatic carbocycles. The summed E-state index contributed by atoms with van der Waals surface area (Å²) in [5.41, 5.74) is 1.07. The van der Waals surface area contributed by atoms with Crippen LogP contribution in [0.5, 0.6) is 5.75 Å². The van der Waals surface area contributed by atoms with E-state index in [0.29, 0.717) is 11.4 Å². The van der Waals surface area contributed by atoms with Crippen molar-refractivity contribution in [1.29, 1.82) is 0 Å². The van der Waals surface area contributed by atoms with Crippen LogP contribution in [0.3, 0.4) is 0 Å². The fourth-order valence-electron chi connectivity index (χ4n) is 2.33. The Morgan fingerprint density at radius 3 is 2.90 bits per heavy atom. The highest BCUT2D eigenvalue weighted by Gasteiger charge is 2.26. The van der Waals surface area contributed by atoms with Gasteiger partial charge in [-0.3, -0.25) is 4.79 Å². The van der Waals surface area contributed by atoms with Gasteiger partial charge in [0.2, 0.25) is 5.91 Å². The second-order valence-electron chi connectivity index (χ2n) is 4.93. The number of nitrogens with one attached hydrogen (secondary N) is 1. The number of halogens is 2. The molecule has 0 unspecified atom stereocenters. The van der Waals surface area contributed by atoms with E-state index in [9.17, 15) is 9.18 Å². The molecule has 1 heterocycles. The van der Waals surface area contributed by atoms with Crippen LogP contribution in [0.4, 0.5) is 10.1 Å². The molecule has 2 aromatic rings. The first-order valence-electron chi connectivity index (χ1n) is 6.60. The molecule has 1 aliphatic heterocycles. The van der Waals surface area contributed by atoms with Crippen molar-refractivity contribution in [2.45, 2.75) is 6.42 Å². The fraction of sp³-hybridized carbons (Fsp3) is 0.188. The van der Waals surface area contributed by atoms with Crippen LogP contribution in [0.25, 0.3) is 0 Å². The predicted octanol–water partition coefficient (Wildman–Crippen LogP) is 3.67. The van der Waals surface area contributed by atoms with E-state index in [-0.39, 0.29) is 24.1 Å². The molecular formula is C16H13ClFNO2. The van der Waals surface area contributed by atoms with E-state index in [4.69, 9.17) is 16.3 Å². The first kappa shape index (κ1) is 13.9. The molecule has 0 aromatic heterocycles. The third kappa shape index (κ3) is 3.00. The number of fused-ring (bicyclic) bond motifs is 1. The van der Waals surface area contributed by atoms with Crippen molar-refractivity contribution in [3.05, 3.63) is 58.9 Å². The second-order valence-corrected chi connectivity index (χ2v) is 5.37. The Bertz CT molecular complexity index is 690. The van der Waals surface area contributed by atoms with Gasteiger partial charge in [0.1, 0.15) is 18.2 Å². The van der Waals surface area contributed by atoms with Crippen molar-refractivity contribution in [3.63, 3.8) is 0 Å². The normalized spacial score (nSPS) is 16.8. The van der Waals surface area contributed by atoms with Crippen molar-refractivity contribution in [2.75, 3.05) is 11.9 Å². The van der Waals surface area contributed by atoms with E-state index in [1.165, 1.54) is 12.1 Å². The number of anilines is 1.